The highest BCUT2D eigenvalue weighted by molar-refractivity contribution is 5.27. The Morgan fingerprint density at radius 2 is 2.05 bits per heavy atom. The van der Waals surface area contributed by atoms with Crippen LogP contribution < -0.4 is 5.32 Å². The standard InChI is InChI=1S/C14H14F3NO2/c15-14(16,17)12-3-1-2-11(6-12)13(19)8-18-7-10-4-5-20-9-10/h1-6,9,13,18-19H,7-8H2. The van der Waals surface area contributed by atoms with Crippen molar-refractivity contribution in [2.75, 3.05) is 6.54 Å². The second-order valence-corrected chi connectivity index (χ2v) is 4.40. The molecule has 0 saturated heterocycles. The van der Waals surface area contributed by atoms with Gasteiger partial charge in [-0.2, -0.15) is 13.2 Å². The summed E-state index contributed by atoms with van der Waals surface area (Å²) in [4.78, 5) is 0. The fourth-order valence-corrected chi connectivity index (χ4v) is 1.79. The Balaban J connectivity index is 1.93. The maximum atomic E-state index is 12.6. The molecule has 0 aliphatic rings. The summed E-state index contributed by atoms with van der Waals surface area (Å²) in [5.74, 6) is 0. The fraction of sp³-hybridized carbons (Fsp3) is 0.286. The number of aliphatic hydroxyl groups excluding tert-OH is 1. The highest BCUT2D eigenvalue weighted by atomic mass is 19.4. The van der Waals surface area contributed by atoms with Crippen molar-refractivity contribution in [3.63, 3.8) is 0 Å². The molecule has 0 radical (unpaired) electrons. The molecule has 0 spiro atoms. The number of rotatable bonds is 5. The number of benzene rings is 1. The molecule has 1 heterocycles. The lowest BCUT2D eigenvalue weighted by atomic mass is 10.1. The molecule has 3 nitrogen and oxygen atoms in total. The quantitative estimate of drug-likeness (QED) is 0.887. The summed E-state index contributed by atoms with van der Waals surface area (Å²) in [7, 11) is 0. The molecule has 2 N–H and O–H groups in total. The Kier molecular flexibility index (Phi) is 4.46. The highest BCUT2D eigenvalue weighted by Gasteiger charge is 2.30. The van der Waals surface area contributed by atoms with Gasteiger partial charge in [-0.1, -0.05) is 12.1 Å². The third-order valence-electron chi connectivity index (χ3n) is 2.85. The molecule has 0 fully saturated rings. The number of hydrogen-bond acceptors (Lipinski definition) is 3. The summed E-state index contributed by atoms with van der Waals surface area (Å²) in [5.41, 5.74) is 0.379. The normalized spacial score (nSPS) is 13.4. The Labute approximate surface area is 114 Å². The molecule has 0 aliphatic carbocycles. The van der Waals surface area contributed by atoms with Crippen LogP contribution in [-0.2, 0) is 12.7 Å². The van der Waals surface area contributed by atoms with E-state index in [4.69, 9.17) is 4.42 Å². The summed E-state index contributed by atoms with van der Waals surface area (Å²) in [5, 5.41) is 12.8. The third-order valence-corrected chi connectivity index (χ3v) is 2.85. The molecule has 0 bridgehead atoms. The van der Waals surface area contributed by atoms with Crippen LogP contribution in [0.25, 0.3) is 0 Å². The van der Waals surface area contributed by atoms with Crippen LogP contribution in [0, 0.1) is 0 Å². The van der Waals surface area contributed by atoms with Crippen LogP contribution in [0.5, 0.6) is 0 Å². The molecular formula is C14H14F3NO2. The van der Waals surface area contributed by atoms with Crippen molar-refractivity contribution in [1.82, 2.24) is 5.32 Å². The first kappa shape index (κ1) is 14.6. The van der Waals surface area contributed by atoms with Crippen molar-refractivity contribution in [2.24, 2.45) is 0 Å². The van der Waals surface area contributed by atoms with Crippen molar-refractivity contribution in [3.05, 3.63) is 59.5 Å². The molecule has 0 aliphatic heterocycles. The Bertz CT molecular complexity index is 538. The predicted octanol–water partition coefficient (Wildman–Crippen LogP) is 3.12. The van der Waals surface area contributed by atoms with Crippen molar-refractivity contribution in [3.8, 4) is 0 Å². The number of nitrogens with one attached hydrogen (secondary N) is 1. The Morgan fingerprint density at radius 3 is 2.70 bits per heavy atom. The van der Waals surface area contributed by atoms with Crippen molar-refractivity contribution in [2.45, 2.75) is 18.8 Å². The van der Waals surface area contributed by atoms with E-state index in [0.717, 1.165) is 17.7 Å². The van der Waals surface area contributed by atoms with Gasteiger partial charge in [0.2, 0.25) is 0 Å². The third kappa shape index (κ3) is 3.85. The van der Waals surface area contributed by atoms with Gasteiger partial charge in [-0.15, -0.1) is 0 Å². The SMILES string of the molecule is OC(CNCc1ccoc1)c1cccc(C(F)(F)F)c1. The zero-order valence-corrected chi connectivity index (χ0v) is 10.5. The largest absolute Gasteiger partial charge is 0.472 e. The molecular weight excluding hydrogens is 271 g/mol. The second-order valence-electron chi connectivity index (χ2n) is 4.40. The van der Waals surface area contributed by atoms with Gasteiger partial charge in [-0.05, 0) is 23.8 Å². The van der Waals surface area contributed by atoms with Gasteiger partial charge in [0.15, 0.2) is 0 Å². The summed E-state index contributed by atoms with van der Waals surface area (Å²) in [6.45, 7) is 0.638. The van der Waals surface area contributed by atoms with Crippen molar-refractivity contribution in [1.29, 1.82) is 0 Å². The van der Waals surface area contributed by atoms with Gasteiger partial charge in [0.05, 0.1) is 24.2 Å². The van der Waals surface area contributed by atoms with E-state index in [-0.39, 0.29) is 12.1 Å². The van der Waals surface area contributed by atoms with E-state index in [1.165, 1.54) is 18.4 Å². The van der Waals surface area contributed by atoms with Crippen molar-refractivity contribution < 1.29 is 22.7 Å². The van der Waals surface area contributed by atoms with Crippen LogP contribution >= 0.6 is 0 Å². The summed E-state index contributed by atoms with van der Waals surface area (Å²) in [6, 6.07) is 6.47. The molecule has 108 valence electrons. The molecule has 1 aromatic heterocycles. The number of aliphatic hydroxyl groups is 1. The molecule has 2 rings (SSSR count). The maximum Gasteiger partial charge on any atom is 0.416 e. The minimum absolute atomic E-state index is 0.159. The van der Waals surface area contributed by atoms with Gasteiger partial charge in [-0.3, -0.25) is 0 Å². The summed E-state index contributed by atoms with van der Waals surface area (Å²) >= 11 is 0. The van der Waals surface area contributed by atoms with Gasteiger partial charge in [0.1, 0.15) is 0 Å². The average Bonchev–Trinajstić information content (AvgIpc) is 2.91. The first-order valence-electron chi connectivity index (χ1n) is 6.04. The lowest BCUT2D eigenvalue weighted by Crippen LogP contribution is -2.21. The van der Waals surface area contributed by atoms with E-state index < -0.39 is 17.8 Å². The van der Waals surface area contributed by atoms with Gasteiger partial charge in [0.25, 0.3) is 0 Å². The van der Waals surface area contributed by atoms with Crippen LogP contribution in [-0.4, -0.2) is 11.7 Å². The lowest BCUT2D eigenvalue weighted by Gasteiger charge is -2.14. The van der Waals surface area contributed by atoms with E-state index in [0.29, 0.717) is 6.54 Å². The molecule has 1 atom stereocenters. The van der Waals surface area contributed by atoms with E-state index in [1.54, 1.807) is 12.3 Å². The number of alkyl halides is 3. The minimum Gasteiger partial charge on any atom is -0.472 e. The average molecular weight is 285 g/mol. The summed E-state index contributed by atoms with van der Waals surface area (Å²) in [6.07, 6.45) is -2.31. The van der Waals surface area contributed by atoms with E-state index in [2.05, 4.69) is 5.32 Å². The van der Waals surface area contributed by atoms with Crippen molar-refractivity contribution >= 4 is 0 Å². The first-order chi connectivity index (χ1) is 9.47. The molecule has 0 saturated carbocycles. The predicted molar refractivity (Wildman–Crippen MR) is 66.8 cm³/mol. The molecule has 2 aromatic rings. The smallest absolute Gasteiger partial charge is 0.416 e. The minimum atomic E-state index is -4.40. The zero-order chi connectivity index (χ0) is 14.6. The van der Waals surface area contributed by atoms with E-state index in [9.17, 15) is 18.3 Å². The highest BCUT2D eigenvalue weighted by Crippen LogP contribution is 2.30. The number of halogens is 3. The Morgan fingerprint density at radius 1 is 1.25 bits per heavy atom. The second kappa shape index (κ2) is 6.11. The van der Waals surface area contributed by atoms with E-state index in [1.807, 2.05) is 0 Å². The van der Waals surface area contributed by atoms with Crippen LogP contribution in [0.1, 0.15) is 22.8 Å². The Hall–Kier alpha value is -1.79. The van der Waals surface area contributed by atoms with Gasteiger partial charge in [0, 0.05) is 18.7 Å². The molecule has 1 aromatic carbocycles. The van der Waals surface area contributed by atoms with E-state index >= 15 is 0 Å². The maximum absolute atomic E-state index is 12.6. The fourth-order valence-electron chi connectivity index (χ4n) is 1.79. The lowest BCUT2D eigenvalue weighted by molar-refractivity contribution is -0.137. The number of furan rings is 1. The van der Waals surface area contributed by atoms with Gasteiger partial charge in [-0.25, -0.2) is 0 Å². The first-order valence-corrected chi connectivity index (χ1v) is 6.04. The van der Waals surface area contributed by atoms with Crippen LogP contribution in [0.4, 0.5) is 13.2 Å². The molecule has 1 unspecified atom stereocenters. The van der Waals surface area contributed by atoms with Gasteiger partial charge >= 0.3 is 6.18 Å². The number of hydrogen-bond donors (Lipinski definition) is 2. The van der Waals surface area contributed by atoms with Crippen LogP contribution in [0.3, 0.4) is 0 Å². The molecule has 0 amide bonds. The zero-order valence-electron chi connectivity index (χ0n) is 10.5. The summed E-state index contributed by atoms with van der Waals surface area (Å²) < 4.78 is 42.6. The molecule has 6 heteroatoms. The topological polar surface area (TPSA) is 45.4 Å². The van der Waals surface area contributed by atoms with Crippen LogP contribution in [0.15, 0.2) is 47.3 Å². The van der Waals surface area contributed by atoms with Crippen LogP contribution in [0.2, 0.25) is 0 Å². The molecule has 20 heavy (non-hydrogen) atoms. The monoisotopic (exact) mass is 285 g/mol. The van der Waals surface area contributed by atoms with Gasteiger partial charge < -0.3 is 14.8 Å².